The van der Waals surface area contributed by atoms with Crippen molar-refractivity contribution in [3.05, 3.63) is 41.4 Å². The second-order valence-corrected chi connectivity index (χ2v) is 7.25. The van der Waals surface area contributed by atoms with E-state index in [1.165, 1.54) is 25.9 Å². The molecule has 3 aliphatic rings. The van der Waals surface area contributed by atoms with Gasteiger partial charge in [0, 0.05) is 28.9 Å². The fourth-order valence-electron chi connectivity index (χ4n) is 3.78. The number of hydrogen-bond donors (Lipinski definition) is 3. The molecule has 4 nitrogen and oxygen atoms in total. The Hall–Kier alpha value is -1.33. The molecule has 0 saturated carbocycles. The van der Waals surface area contributed by atoms with E-state index in [1.807, 2.05) is 24.3 Å². The van der Waals surface area contributed by atoms with Gasteiger partial charge >= 0.3 is 6.03 Å². The Kier molecular flexibility index (Phi) is 4.84. The fraction of sp³-hybridized carbons (Fsp3) is 0.471. The summed E-state index contributed by atoms with van der Waals surface area (Å²) in [6.45, 7) is 7.11. The fourth-order valence-corrected chi connectivity index (χ4v) is 4.04. The lowest BCUT2D eigenvalue weighted by atomic mass is 9.75. The molecular weight excluding hydrogens is 342 g/mol. The molecule has 1 aromatic carbocycles. The Labute approximate surface area is 140 Å². The van der Waals surface area contributed by atoms with Gasteiger partial charge in [-0.3, -0.25) is 0 Å². The number of anilines is 1. The topological polar surface area (TPSA) is 45.6 Å². The number of amides is 2. The number of quaternary nitrogens is 1. The highest BCUT2D eigenvalue weighted by Gasteiger charge is 2.42. The lowest BCUT2D eigenvalue weighted by molar-refractivity contribution is -0.944. The molecule has 3 aliphatic heterocycles. The molecule has 1 unspecified atom stereocenters. The monoisotopic (exact) mass is 364 g/mol. The predicted octanol–water partition coefficient (Wildman–Crippen LogP) is 2.05. The number of hydrogen-bond acceptors (Lipinski definition) is 1. The Morgan fingerprint density at radius 2 is 2.18 bits per heavy atom. The highest BCUT2D eigenvalue weighted by Crippen LogP contribution is 2.27. The van der Waals surface area contributed by atoms with E-state index in [-0.39, 0.29) is 6.03 Å². The Morgan fingerprint density at radius 3 is 2.82 bits per heavy atom. The summed E-state index contributed by atoms with van der Waals surface area (Å²) in [6.07, 6.45) is 4.62. The van der Waals surface area contributed by atoms with Gasteiger partial charge in [-0.2, -0.15) is 0 Å². The van der Waals surface area contributed by atoms with Crippen LogP contribution in [0.25, 0.3) is 0 Å². The van der Waals surface area contributed by atoms with E-state index in [4.69, 9.17) is 0 Å². The first kappa shape index (κ1) is 15.6. The summed E-state index contributed by atoms with van der Waals surface area (Å²) in [5, 5.41) is 5.90. The van der Waals surface area contributed by atoms with Crippen LogP contribution < -0.4 is 15.5 Å². The molecule has 0 aromatic heterocycles. The highest BCUT2D eigenvalue weighted by atomic mass is 79.9. The van der Waals surface area contributed by atoms with Gasteiger partial charge in [0.1, 0.15) is 6.04 Å². The zero-order valence-electron chi connectivity index (χ0n) is 12.6. The number of carbonyl (C=O) groups excluding carboxylic acids is 1. The Balaban J connectivity index is 1.47. The van der Waals surface area contributed by atoms with Gasteiger partial charge in [-0.05, 0) is 30.2 Å². The summed E-state index contributed by atoms with van der Waals surface area (Å²) >= 11 is 3.39. The summed E-state index contributed by atoms with van der Waals surface area (Å²) < 4.78 is 1.00. The van der Waals surface area contributed by atoms with Crippen LogP contribution in [0.1, 0.15) is 12.8 Å². The number of halogens is 1. The SMILES string of the molecule is C=C[C@H]1C[NH+]2CC[C@H]1C[C@@H]2CNC(=O)Nc1ccc(Br)cc1. The molecule has 0 spiro atoms. The summed E-state index contributed by atoms with van der Waals surface area (Å²) in [6, 6.07) is 8.03. The molecule has 22 heavy (non-hydrogen) atoms. The van der Waals surface area contributed by atoms with Crippen molar-refractivity contribution < 1.29 is 9.69 Å². The third kappa shape index (κ3) is 3.52. The molecule has 4 rings (SSSR count). The van der Waals surface area contributed by atoms with Gasteiger partial charge in [0.15, 0.2) is 0 Å². The Morgan fingerprint density at radius 1 is 1.41 bits per heavy atom. The van der Waals surface area contributed by atoms with Gasteiger partial charge in [0.2, 0.25) is 0 Å². The average molecular weight is 365 g/mol. The molecule has 2 bridgehead atoms. The second kappa shape index (κ2) is 6.84. The smallest absolute Gasteiger partial charge is 0.319 e. The predicted molar refractivity (Wildman–Crippen MR) is 92.1 cm³/mol. The first-order valence-corrected chi connectivity index (χ1v) is 8.72. The summed E-state index contributed by atoms with van der Waals surface area (Å²) in [7, 11) is 0. The quantitative estimate of drug-likeness (QED) is 0.703. The van der Waals surface area contributed by atoms with E-state index in [0.717, 1.165) is 22.6 Å². The third-order valence-electron chi connectivity index (χ3n) is 5.02. The number of benzene rings is 1. The zero-order chi connectivity index (χ0) is 15.5. The lowest BCUT2D eigenvalue weighted by Crippen LogP contribution is -3.20. The third-order valence-corrected chi connectivity index (χ3v) is 5.55. The summed E-state index contributed by atoms with van der Waals surface area (Å²) in [5.74, 6) is 1.42. The largest absolute Gasteiger partial charge is 0.332 e. The van der Waals surface area contributed by atoms with Crippen molar-refractivity contribution >= 4 is 27.6 Å². The van der Waals surface area contributed by atoms with Crippen LogP contribution >= 0.6 is 15.9 Å². The van der Waals surface area contributed by atoms with Crippen LogP contribution in [-0.2, 0) is 0 Å². The molecule has 2 amide bonds. The number of rotatable bonds is 4. The maximum absolute atomic E-state index is 12.0. The molecule has 0 radical (unpaired) electrons. The number of carbonyl (C=O) groups is 1. The van der Waals surface area contributed by atoms with Crippen molar-refractivity contribution in [3.8, 4) is 0 Å². The van der Waals surface area contributed by atoms with Gasteiger partial charge in [-0.25, -0.2) is 4.79 Å². The van der Waals surface area contributed by atoms with Crippen LogP contribution in [0.2, 0.25) is 0 Å². The maximum atomic E-state index is 12.0. The minimum absolute atomic E-state index is 0.121. The van der Waals surface area contributed by atoms with Gasteiger partial charge in [0.05, 0.1) is 19.6 Å². The van der Waals surface area contributed by atoms with Crippen LogP contribution in [0.4, 0.5) is 10.5 Å². The highest BCUT2D eigenvalue weighted by molar-refractivity contribution is 9.10. The van der Waals surface area contributed by atoms with Crippen LogP contribution in [0.3, 0.4) is 0 Å². The molecule has 3 saturated heterocycles. The second-order valence-electron chi connectivity index (χ2n) is 6.34. The van der Waals surface area contributed by atoms with Crippen molar-refractivity contribution in [3.63, 3.8) is 0 Å². The zero-order valence-corrected chi connectivity index (χ0v) is 14.2. The normalized spacial score (nSPS) is 29.9. The number of piperidine rings is 3. The van der Waals surface area contributed by atoms with E-state index in [9.17, 15) is 4.79 Å². The maximum Gasteiger partial charge on any atom is 0.319 e. The molecule has 1 aromatic rings. The van der Waals surface area contributed by atoms with Gasteiger partial charge in [0.25, 0.3) is 0 Å². The van der Waals surface area contributed by atoms with Crippen molar-refractivity contribution in [2.75, 3.05) is 25.0 Å². The van der Waals surface area contributed by atoms with Crippen LogP contribution in [0.5, 0.6) is 0 Å². The Bertz CT molecular complexity index is 545. The molecule has 3 N–H and O–H groups in total. The molecular formula is C17H23BrN3O+. The van der Waals surface area contributed by atoms with Crippen molar-refractivity contribution in [1.29, 1.82) is 0 Å². The number of nitrogens with one attached hydrogen (secondary N) is 3. The van der Waals surface area contributed by atoms with E-state index in [1.54, 1.807) is 4.90 Å². The minimum atomic E-state index is -0.121. The van der Waals surface area contributed by atoms with E-state index in [0.29, 0.717) is 12.0 Å². The van der Waals surface area contributed by atoms with Crippen LogP contribution in [-0.4, -0.2) is 31.7 Å². The first-order valence-electron chi connectivity index (χ1n) is 7.93. The molecule has 3 fully saturated rings. The van der Waals surface area contributed by atoms with E-state index in [2.05, 4.69) is 39.2 Å². The minimum Gasteiger partial charge on any atom is -0.332 e. The summed E-state index contributed by atoms with van der Waals surface area (Å²) in [4.78, 5) is 13.6. The molecule has 0 aliphatic carbocycles. The molecule has 3 heterocycles. The lowest BCUT2D eigenvalue weighted by Gasteiger charge is -2.46. The first-order chi connectivity index (χ1) is 10.7. The number of urea groups is 1. The van der Waals surface area contributed by atoms with E-state index < -0.39 is 0 Å². The molecule has 5 heteroatoms. The van der Waals surface area contributed by atoms with Crippen molar-refractivity contribution in [1.82, 2.24) is 5.32 Å². The van der Waals surface area contributed by atoms with Crippen molar-refractivity contribution in [2.45, 2.75) is 18.9 Å². The number of fused-ring (bicyclic) bond motifs is 3. The van der Waals surface area contributed by atoms with Gasteiger partial charge in [-0.1, -0.05) is 22.0 Å². The van der Waals surface area contributed by atoms with Gasteiger partial charge in [-0.15, -0.1) is 6.58 Å². The van der Waals surface area contributed by atoms with Crippen LogP contribution in [0, 0.1) is 11.8 Å². The van der Waals surface area contributed by atoms with Crippen LogP contribution in [0.15, 0.2) is 41.4 Å². The van der Waals surface area contributed by atoms with Crippen molar-refractivity contribution in [2.24, 2.45) is 11.8 Å². The van der Waals surface area contributed by atoms with Gasteiger partial charge < -0.3 is 15.5 Å². The molecule has 4 atom stereocenters. The molecule has 118 valence electrons. The van der Waals surface area contributed by atoms with E-state index >= 15 is 0 Å². The average Bonchev–Trinajstić information content (AvgIpc) is 2.55. The summed E-state index contributed by atoms with van der Waals surface area (Å²) in [5.41, 5.74) is 0.810. The standard InChI is InChI=1S/C17H22BrN3O/c1-2-12-11-21-8-7-13(12)9-16(21)10-19-17(22)20-15-5-3-14(18)4-6-15/h2-6,12-13,16H,1,7-11H2,(H2,19,20,22)/p+1/t12-,13-,16+/m0/s1.